The molecule has 25 heavy (non-hydrogen) atoms. The Labute approximate surface area is 142 Å². The van der Waals surface area contributed by atoms with Gasteiger partial charge in [-0.3, -0.25) is 0 Å². The van der Waals surface area contributed by atoms with Crippen LogP contribution in [0, 0.1) is 0 Å². The molecular formula is C17H14N2O6. The minimum absolute atomic E-state index is 0.00972. The highest BCUT2D eigenvalue weighted by molar-refractivity contribution is 5.67. The Kier molecular flexibility index (Phi) is 3.57. The highest BCUT2D eigenvalue weighted by atomic mass is 16.7. The van der Waals surface area contributed by atoms with Gasteiger partial charge in [-0.15, -0.1) is 10.2 Å². The van der Waals surface area contributed by atoms with Crippen molar-refractivity contribution in [2.24, 2.45) is 0 Å². The van der Waals surface area contributed by atoms with Gasteiger partial charge in [0.15, 0.2) is 23.0 Å². The van der Waals surface area contributed by atoms with Crippen LogP contribution in [0.3, 0.4) is 0 Å². The van der Waals surface area contributed by atoms with Crippen molar-refractivity contribution in [2.75, 3.05) is 21.0 Å². The van der Waals surface area contributed by atoms with E-state index in [1.807, 2.05) is 0 Å². The maximum Gasteiger partial charge on any atom is 0.248 e. The van der Waals surface area contributed by atoms with Crippen LogP contribution >= 0.6 is 0 Å². The molecule has 0 bridgehead atoms. The van der Waals surface area contributed by atoms with Crippen molar-refractivity contribution in [1.29, 1.82) is 0 Å². The average molecular weight is 342 g/mol. The fourth-order valence-corrected chi connectivity index (χ4v) is 2.53. The normalized spacial score (nSPS) is 12.2. The molecule has 3 aromatic rings. The first-order chi connectivity index (χ1) is 12.2. The van der Waals surface area contributed by atoms with Crippen LogP contribution < -0.4 is 18.9 Å². The number of hydrogen-bond donors (Lipinski definition) is 1. The molecule has 0 spiro atoms. The molecule has 0 atom stereocenters. The molecule has 1 aromatic heterocycles. The first-order valence-electron chi connectivity index (χ1n) is 7.38. The number of methoxy groups -OCH3 is 2. The van der Waals surface area contributed by atoms with Crippen LogP contribution in [0.5, 0.6) is 28.7 Å². The van der Waals surface area contributed by atoms with E-state index in [-0.39, 0.29) is 18.4 Å². The number of benzene rings is 2. The Morgan fingerprint density at radius 3 is 2.40 bits per heavy atom. The van der Waals surface area contributed by atoms with Gasteiger partial charge in [0.25, 0.3) is 0 Å². The first-order valence-corrected chi connectivity index (χ1v) is 7.38. The van der Waals surface area contributed by atoms with Crippen LogP contribution in [-0.4, -0.2) is 36.3 Å². The van der Waals surface area contributed by atoms with E-state index in [9.17, 15) is 5.11 Å². The third-order valence-corrected chi connectivity index (χ3v) is 3.76. The van der Waals surface area contributed by atoms with Gasteiger partial charge in [0, 0.05) is 11.1 Å². The molecule has 0 radical (unpaired) electrons. The van der Waals surface area contributed by atoms with Crippen LogP contribution in [0.25, 0.3) is 22.9 Å². The summed E-state index contributed by atoms with van der Waals surface area (Å²) in [5.41, 5.74) is 1.21. The third kappa shape index (κ3) is 2.57. The van der Waals surface area contributed by atoms with Gasteiger partial charge >= 0.3 is 0 Å². The SMILES string of the molecule is COc1ccc(-c2nnc(-c3cc(OC)c4c(c3)OCO4)o2)cc1O. The minimum atomic E-state index is -0.00972. The van der Waals surface area contributed by atoms with Crippen LogP contribution in [0.1, 0.15) is 0 Å². The van der Waals surface area contributed by atoms with Gasteiger partial charge in [0.1, 0.15) is 0 Å². The lowest BCUT2D eigenvalue weighted by molar-refractivity contribution is 0.171. The summed E-state index contributed by atoms with van der Waals surface area (Å²) in [5.74, 6) is 2.54. The van der Waals surface area contributed by atoms with E-state index in [4.69, 9.17) is 23.4 Å². The molecule has 1 aliphatic rings. The number of phenolic OH excluding ortho intramolecular Hbond substituents is 1. The predicted octanol–water partition coefficient (Wildman–Crippen LogP) is 2.86. The fraction of sp³-hybridized carbons (Fsp3) is 0.176. The van der Waals surface area contributed by atoms with Gasteiger partial charge in [0.05, 0.1) is 14.2 Å². The Morgan fingerprint density at radius 1 is 0.920 bits per heavy atom. The molecule has 8 heteroatoms. The maximum absolute atomic E-state index is 9.89. The van der Waals surface area contributed by atoms with E-state index < -0.39 is 0 Å². The number of phenols is 1. The molecule has 2 aromatic carbocycles. The molecule has 1 aliphatic heterocycles. The van der Waals surface area contributed by atoms with Gasteiger partial charge in [-0.05, 0) is 30.3 Å². The molecule has 0 saturated heterocycles. The zero-order valence-corrected chi connectivity index (χ0v) is 13.5. The van der Waals surface area contributed by atoms with Crippen molar-refractivity contribution in [3.63, 3.8) is 0 Å². The van der Waals surface area contributed by atoms with E-state index in [1.165, 1.54) is 13.2 Å². The summed E-state index contributed by atoms with van der Waals surface area (Å²) in [4.78, 5) is 0. The summed E-state index contributed by atoms with van der Waals surface area (Å²) in [6.07, 6.45) is 0. The van der Waals surface area contributed by atoms with Gasteiger partial charge in [-0.1, -0.05) is 0 Å². The molecule has 0 aliphatic carbocycles. The van der Waals surface area contributed by atoms with Crippen LogP contribution in [0.4, 0.5) is 0 Å². The number of fused-ring (bicyclic) bond motifs is 1. The van der Waals surface area contributed by atoms with Crippen molar-refractivity contribution in [1.82, 2.24) is 10.2 Å². The van der Waals surface area contributed by atoms with Crippen LogP contribution in [-0.2, 0) is 0 Å². The molecular weight excluding hydrogens is 328 g/mol. The zero-order chi connectivity index (χ0) is 17.4. The summed E-state index contributed by atoms with van der Waals surface area (Å²) in [6, 6.07) is 8.31. The largest absolute Gasteiger partial charge is 0.504 e. The fourth-order valence-electron chi connectivity index (χ4n) is 2.53. The molecule has 0 saturated carbocycles. The molecule has 0 amide bonds. The number of hydrogen-bond acceptors (Lipinski definition) is 8. The highest BCUT2D eigenvalue weighted by Gasteiger charge is 2.22. The van der Waals surface area contributed by atoms with Crippen molar-refractivity contribution in [3.8, 4) is 51.7 Å². The first kappa shape index (κ1) is 15.1. The second-order valence-corrected chi connectivity index (χ2v) is 5.21. The smallest absolute Gasteiger partial charge is 0.248 e. The van der Waals surface area contributed by atoms with E-state index in [1.54, 1.807) is 31.4 Å². The van der Waals surface area contributed by atoms with Crippen LogP contribution in [0.2, 0.25) is 0 Å². The number of aromatic hydroxyl groups is 1. The molecule has 1 N–H and O–H groups in total. The highest BCUT2D eigenvalue weighted by Crippen LogP contribution is 2.44. The van der Waals surface area contributed by atoms with E-state index >= 15 is 0 Å². The summed E-state index contributed by atoms with van der Waals surface area (Å²) in [7, 11) is 3.02. The number of nitrogens with zero attached hydrogens (tertiary/aromatic N) is 2. The molecule has 128 valence electrons. The molecule has 0 unspecified atom stereocenters. The minimum Gasteiger partial charge on any atom is -0.504 e. The lowest BCUT2D eigenvalue weighted by Gasteiger charge is -2.06. The third-order valence-electron chi connectivity index (χ3n) is 3.76. The van der Waals surface area contributed by atoms with Crippen molar-refractivity contribution in [3.05, 3.63) is 30.3 Å². The second kappa shape index (κ2) is 5.90. The second-order valence-electron chi connectivity index (χ2n) is 5.21. The number of rotatable bonds is 4. The standard InChI is InChI=1S/C17H14N2O6/c1-21-12-4-3-9(5-11(12)20)16-18-19-17(25-16)10-6-13(22-2)15-14(7-10)23-8-24-15/h3-7,20H,8H2,1-2H3. The van der Waals surface area contributed by atoms with Crippen molar-refractivity contribution in [2.45, 2.75) is 0 Å². The number of aromatic nitrogens is 2. The summed E-state index contributed by atoms with van der Waals surface area (Å²) >= 11 is 0. The zero-order valence-electron chi connectivity index (χ0n) is 13.5. The summed E-state index contributed by atoms with van der Waals surface area (Å²) < 4.78 is 26.8. The summed E-state index contributed by atoms with van der Waals surface area (Å²) in [6.45, 7) is 0.134. The van der Waals surface area contributed by atoms with Crippen molar-refractivity contribution < 1.29 is 28.5 Å². The maximum atomic E-state index is 9.89. The average Bonchev–Trinajstić information content (AvgIpc) is 3.30. The van der Waals surface area contributed by atoms with E-state index in [2.05, 4.69) is 10.2 Å². The van der Waals surface area contributed by atoms with E-state index in [0.29, 0.717) is 40.0 Å². The lowest BCUT2D eigenvalue weighted by Crippen LogP contribution is -1.93. The van der Waals surface area contributed by atoms with Gasteiger partial charge in [0.2, 0.25) is 24.3 Å². The van der Waals surface area contributed by atoms with Gasteiger partial charge in [-0.25, -0.2) is 0 Å². The van der Waals surface area contributed by atoms with Crippen LogP contribution in [0.15, 0.2) is 34.7 Å². The topological polar surface area (TPSA) is 96.1 Å². The molecule has 8 nitrogen and oxygen atoms in total. The Bertz CT molecular complexity index is 937. The number of ether oxygens (including phenoxy) is 4. The Balaban J connectivity index is 1.71. The molecule has 0 fully saturated rings. The van der Waals surface area contributed by atoms with Gasteiger partial charge in [-0.2, -0.15) is 0 Å². The Hall–Kier alpha value is -3.42. The van der Waals surface area contributed by atoms with E-state index in [0.717, 1.165) is 0 Å². The monoisotopic (exact) mass is 342 g/mol. The van der Waals surface area contributed by atoms with Crippen molar-refractivity contribution >= 4 is 0 Å². The lowest BCUT2D eigenvalue weighted by atomic mass is 10.2. The predicted molar refractivity (Wildman–Crippen MR) is 86.1 cm³/mol. The molecule has 2 heterocycles. The van der Waals surface area contributed by atoms with Gasteiger partial charge < -0.3 is 28.5 Å². The summed E-state index contributed by atoms with van der Waals surface area (Å²) in [5, 5.41) is 18.0. The quantitative estimate of drug-likeness (QED) is 0.773. The Morgan fingerprint density at radius 2 is 1.68 bits per heavy atom. The molecule has 4 rings (SSSR count).